The van der Waals surface area contributed by atoms with Crippen LogP contribution in [0.3, 0.4) is 0 Å². The third-order valence-electron chi connectivity index (χ3n) is 11.0. The maximum absolute atomic E-state index is 12.9. The van der Waals surface area contributed by atoms with Crippen LogP contribution < -0.4 is 20.4 Å². The van der Waals surface area contributed by atoms with Gasteiger partial charge < -0.3 is 14.7 Å². The maximum Gasteiger partial charge on any atom is 0.328 e. The molecule has 298 valence electrons. The van der Waals surface area contributed by atoms with Crippen molar-refractivity contribution in [2.45, 2.75) is 58.9 Å². The molecule has 14 heteroatoms. The van der Waals surface area contributed by atoms with Gasteiger partial charge in [0.25, 0.3) is 11.7 Å². The summed E-state index contributed by atoms with van der Waals surface area (Å²) in [6.45, 7) is 15.1. The summed E-state index contributed by atoms with van der Waals surface area (Å²) in [6.07, 6.45) is 3.12. The average Bonchev–Trinajstić information content (AvgIpc) is 3.89. The first kappa shape index (κ1) is 38.5. The second-order valence-electron chi connectivity index (χ2n) is 16.2. The van der Waals surface area contributed by atoms with Crippen molar-refractivity contribution in [2.24, 2.45) is 0 Å². The molecule has 0 radical (unpaired) electrons. The van der Waals surface area contributed by atoms with Gasteiger partial charge in [-0.3, -0.25) is 29.8 Å². The molecule has 2 aliphatic rings. The monoisotopic (exact) mass is 780 g/mol. The Hall–Kier alpha value is -6.41. The number of aromatic nitrogens is 5. The van der Waals surface area contributed by atoms with Crippen molar-refractivity contribution in [2.75, 3.05) is 49.1 Å². The predicted molar refractivity (Wildman–Crippen MR) is 223 cm³/mol. The SMILES string of the molecule is Cc1cc(-c2[nH]nc3ncc(-c4ccc(N5CCN(CCc6ccc(N7CCC(=O)NC7=O)cc6)CC5)cc4)cc23)ccc1[C@@H](C)NC(=O)c1noc(C(C)(C)C)n1. The second-order valence-corrected chi connectivity index (χ2v) is 16.2. The zero-order chi connectivity index (χ0) is 40.6. The molecule has 1 atom stereocenters. The number of fused-ring (bicyclic) bond motifs is 1. The van der Waals surface area contributed by atoms with Crippen LogP contribution in [0.1, 0.15) is 73.4 Å². The van der Waals surface area contributed by atoms with E-state index in [2.05, 4.69) is 94.3 Å². The molecule has 3 aromatic heterocycles. The summed E-state index contributed by atoms with van der Waals surface area (Å²) < 4.78 is 5.31. The van der Waals surface area contributed by atoms with Crippen molar-refractivity contribution in [1.29, 1.82) is 0 Å². The Kier molecular flexibility index (Phi) is 10.5. The van der Waals surface area contributed by atoms with Crippen LogP contribution in [0, 0.1) is 6.92 Å². The minimum absolute atomic E-state index is 0.0208. The van der Waals surface area contributed by atoms with Crippen LogP contribution in [-0.2, 0) is 16.6 Å². The quantitative estimate of drug-likeness (QED) is 0.138. The molecule has 2 fully saturated rings. The number of H-pyrrole nitrogens is 1. The largest absolute Gasteiger partial charge is 0.369 e. The summed E-state index contributed by atoms with van der Waals surface area (Å²) in [4.78, 5) is 52.1. The van der Waals surface area contributed by atoms with Crippen LogP contribution in [0.25, 0.3) is 33.4 Å². The fraction of sp³-hybridized carbons (Fsp3) is 0.341. The molecule has 14 nitrogen and oxygen atoms in total. The fourth-order valence-electron chi connectivity index (χ4n) is 7.59. The normalized spacial score (nSPS) is 15.8. The number of aromatic amines is 1. The second kappa shape index (κ2) is 15.9. The highest BCUT2D eigenvalue weighted by Gasteiger charge is 2.26. The first-order valence-electron chi connectivity index (χ1n) is 19.8. The molecular weight excluding hydrogens is 733 g/mol. The van der Waals surface area contributed by atoms with Gasteiger partial charge in [-0.05, 0) is 78.9 Å². The number of nitrogens with zero attached hydrogens (tertiary/aromatic N) is 7. The highest BCUT2D eigenvalue weighted by Crippen LogP contribution is 2.32. The number of pyridine rings is 1. The van der Waals surface area contributed by atoms with Crippen LogP contribution in [0.4, 0.5) is 16.2 Å². The van der Waals surface area contributed by atoms with Crippen molar-refractivity contribution in [3.05, 3.63) is 107 Å². The third kappa shape index (κ3) is 8.19. The molecule has 0 saturated carbocycles. The number of nitrogens with one attached hydrogen (secondary N) is 3. The van der Waals surface area contributed by atoms with Crippen molar-refractivity contribution in [1.82, 2.24) is 40.9 Å². The van der Waals surface area contributed by atoms with E-state index < -0.39 is 0 Å². The minimum Gasteiger partial charge on any atom is -0.369 e. The molecule has 6 aromatic rings. The summed E-state index contributed by atoms with van der Waals surface area (Å²) in [6, 6.07) is 24.4. The lowest BCUT2D eigenvalue weighted by Gasteiger charge is -2.36. The van der Waals surface area contributed by atoms with Gasteiger partial charge in [-0.2, -0.15) is 10.1 Å². The highest BCUT2D eigenvalue weighted by atomic mass is 16.5. The van der Waals surface area contributed by atoms with Crippen LogP contribution in [0.5, 0.6) is 0 Å². The fourth-order valence-corrected chi connectivity index (χ4v) is 7.59. The van der Waals surface area contributed by atoms with E-state index >= 15 is 0 Å². The number of hydrogen-bond donors (Lipinski definition) is 3. The van der Waals surface area contributed by atoms with Gasteiger partial charge in [-0.1, -0.05) is 62.3 Å². The molecule has 8 rings (SSSR count). The molecule has 0 unspecified atom stereocenters. The number of urea groups is 1. The predicted octanol–water partition coefficient (Wildman–Crippen LogP) is 6.58. The molecule has 58 heavy (non-hydrogen) atoms. The van der Waals surface area contributed by atoms with Gasteiger partial charge in [0, 0.05) is 85.2 Å². The van der Waals surface area contributed by atoms with Crippen molar-refractivity contribution >= 4 is 40.3 Å². The van der Waals surface area contributed by atoms with E-state index in [1.165, 1.54) is 11.3 Å². The van der Waals surface area contributed by atoms with Gasteiger partial charge in [0.1, 0.15) is 0 Å². The van der Waals surface area contributed by atoms with Gasteiger partial charge in [-0.15, -0.1) is 0 Å². The Morgan fingerprint density at radius 1 is 0.897 bits per heavy atom. The molecule has 5 heterocycles. The van der Waals surface area contributed by atoms with E-state index in [1.54, 1.807) is 4.90 Å². The molecule has 2 saturated heterocycles. The molecule has 0 spiro atoms. The van der Waals surface area contributed by atoms with Gasteiger partial charge in [0.05, 0.1) is 11.7 Å². The van der Waals surface area contributed by atoms with E-state index in [9.17, 15) is 14.4 Å². The first-order chi connectivity index (χ1) is 27.9. The zero-order valence-corrected chi connectivity index (χ0v) is 33.5. The summed E-state index contributed by atoms with van der Waals surface area (Å²) in [5, 5.41) is 17.9. The van der Waals surface area contributed by atoms with E-state index in [0.717, 1.165) is 83.7 Å². The number of carbonyl (C=O) groups is 3. The molecule has 4 amide bonds. The number of amides is 4. The van der Waals surface area contributed by atoms with Crippen molar-refractivity contribution in [3.63, 3.8) is 0 Å². The Bertz CT molecular complexity index is 2460. The number of aryl methyl sites for hydroxylation is 1. The molecule has 0 bridgehead atoms. The summed E-state index contributed by atoms with van der Waals surface area (Å²) >= 11 is 0. The third-order valence-corrected chi connectivity index (χ3v) is 11.0. The Morgan fingerprint density at radius 3 is 2.31 bits per heavy atom. The maximum atomic E-state index is 12.9. The number of piperazine rings is 1. The number of rotatable bonds is 10. The standard InChI is InChI=1S/C44H48N10O4/c1-27-24-31(10-15-35(27)28(2)46-41(56)40-48-42(58-51-40)44(3,4)5)38-36-25-32(26-45-39(36)50-49-38)30-8-13-33(14-9-30)53-22-20-52(21-23-53)18-16-29-6-11-34(12-7-29)54-19-17-37(55)47-43(54)57/h6-15,24-26,28H,16-23H2,1-5H3,(H,46,56)(H,45,49,50)(H,47,55,57)/t28-/m1/s1. The zero-order valence-electron chi connectivity index (χ0n) is 33.5. The Balaban J connectivity index is 0.865. The average molecular weight is 781 g/mol. The molecule has 3 aromatic carbocycles. The van der Waals surface area contributed by atoms with Gasteiger partial charge in [-0.25, -0.2) is 9.78 Å². The summed E-state index contributed by atoms with van der Waals surface area (Å²) in [5.74, 6) is -0.173. The number of benzene rings is 3. The highest BCUT2D eigenvalue weighted by molar-refractivity contribution is 6.05. The van der Waals surface area contributed by atoms with E-state index in [1.807, 2.05) is 65.1 Å². The van der Waals surface area contributed by atoms with E-state index in [4.69, 9.17) is 4.52 Å². The lowest BCUT2D eigenvalue weighted by atomic mass is 9.97. The first-order valence-corrected chi connectivity index (χ1v) is 19.8. The van der Waals surface area contributed by atoms with Crippen molar-refractivity contribution < 1.29 is 18.9 Å². The lowest BCUT2D eigenvalue weighted by Crippen LogP contribution is -2.49. The number of hydrogen-bond acceptors (Lipinski definition) is 10. The smallest absolute Gasteiger partial charge is 0.328 e. The lowest BCUT2D eigenvalue weighted by molar-refractivity contribution is -0.120. The molecular formula is C44H48N10O4. The van der Waals surface area contributed by atoms with Gasteiger partial charge in [0.15, 0.2) is 5.65 Å². The number of imide groups is 1. The van der Waals surface area contributed by atoms with Crippen LogP contribution in [0.15, 0.2) is 83.5 Å². The van der Waals surface area contributed by atoms with Crippen LogP contribution >= 0.6 is 0 Å². The number of carbonyl (C=O) groups excluding carboxylic acids is 3. The van der Waals surface area contributed by atoms with Gasteiger partial charge in [0.2, 0.25) is 11.8 Å². The van der Waals surface area contributed by atoms with Crippen LogP contribution in [0.2, 0.25) is 0 Å². The minimum atomic E-state index is -0.385. The molecule has 0 aliphatic carbocycles. The Morgan fingerprint density at radius 2 is 1.62 bits per heavy atom. The molecule has 2 aliphatic heterocycles. The summed E-state index contributed by atoms with van der Waals surface area (Å²) in [7, 11) is 0. The summed E-state index contributed by atoms with van der Waals surface area (Å²) in [5.41, 5.74) is 9.49. The topological polar surface area (TPSA) is 165 Å². The van der Waals surface area contributed by atoms with Gasteiger partial charge >= 0.3 is 6.03 Å². The van der Waals surface area contributed by atoms with E-state index in [-0.39, 0.29) is 35.1 Å². The molecule has 3 N–H and O–H groups in total. The van der Waals surface area contributed by atoms with Crippen LogP contribution in [-0.4, -0.2) is 87.3 Å². The number of anilines is 2. The van der Waals surface area contributed by atoms with E-state index in [0.29, 0.717) is 24.5 Å². The van der Waals surface area contributed by atoms with Crippen molar-refractivity contribution in [3.8, 4) is 22.4 Å². The Labute approximate surface area is 337 Å².